The third-order valence-corrected chi connectivity index (χ3v) is 4.58. The number of anilines is 1. The summed E-state index contributed by atoms with van der Waals surface area (Å²) < 4.78 is 24.7. The van der Waals surface area contributed by atoms with Gasteiger partial charge in [-0.3, -0.25) is 9.52 Å². The number of aromatic amines is 1. The zero-order chi connectivity index (χ0) is 18.0. The number of aromatic nitrogens is 1. The molecule has 1 heterocycles. The molecule has 0 aliphatic carbocycles. The Labute approximate surface area is 150 Å². The molecule has 0 saturated carbocycles. The van der Waals surface area contributed by atoms with Gasteiger partial charge in [0.1, 0.15) is 5.69 Å². The summed E-state index contributed by atoms with van der Waals surface area (Å²) in [6, 6.07) is 14.2. The first-order valence-corrected chi connectivity index (χ1v) is 9.71. The highest BCUT2D eigenvalue weighted by atomic mass is 35.5. The maximum absolute atomic E-state index is 12.3. The van der Waals surface area contributed by atoms with Crippen LogP contribution >= 0.6 is 11.6 Å². The van der Waals surface area contributed by atoms with E-state index in [1.807, 2.05) is 24.3 Å². The minimum absolute atomic E-state index is 0.295. The van der Waals surface area contributed by atoms with Gasteiger partial charge in [-0.2, -0.15) is 0 Å². The van der Waals surface area contributed by atoms with Crippen molar-refractivity contribution in [2.75, 3.05) is 11.0 Å². The third kappa shape index (κ3) is 4.12. The predicted molar refractivity (Wildman–Crippen MR) is 99.4 cm³/mol. The van der Waals surface area contributed by atoms with Crippen LogP contribution in [0.3, 0.4) is 0 Å². The standard InChI is InChI=1S/C17H16ClN3O3S/c1-25(23,24)21-12-8-6-11(7-9-12)10-19-17(22)16-15(18)13-4-2-3-5-14(13)20-16/h2-9,20-21H,10H2,1H3,(H,19,22). The number of rotatable bonds is 5. The SMILES string of the molecule is CS(=O)(=O)Nc1ccc(CNC(=O)c2[nH]c3ccccc3c2Cl)cc1. The van der Waals surface area contributed by atoms with Gasteiger partial charge in [0.05, 0.1) is 11.3 Å². The molecule has 0 atom stereocenters. The first kappa shape index (κ1) is 17.3. The highest BCUT2D eigenvalue weighted by Crippen LogP contribution is 2.27. The van der Waals surface area contributed by atoms with Crippen molar-refractivity contribution in [3.63, 3.8) is 0 Å². The minimum atomic E-state index is -3.31. The summed E-state index contributed by atoms with van der Waals surface area (Å²) in [5.41, 5.74) is 2.42. The monoisotopic (exact) mass is 377 g/mol. The second kappa shape index (κ2) is 6.78. The van der Waals surface area contributed by atoms with Crippen molar-refractivity contribution in [1.82, 2.24) is 10.3 Å². The number of carbonyl (C=O) groups excluding carboxylic acids is 1. The van der Waals surface area contributed by atoms with Crippen molar-refractivity contribution in [2.45, 2.75) is 6.54 Å². The largest absolute Gasteiger partial charge is 0.349 e. The van der Waals surface area contributed by atoms with Gasteiger partial charge in [-0.15, -0.1) is 0 Å². The Hall–Kier alpha value is -2.51. The number of H-pyrrole nitrogens is 1. The van der Waals surface area contributed by atoms with Crippen LogP contribution in [0.25, 0.3) is 10.9 Å². The normalized spacial score (nSPS) is 11.4. The number of hydrogen-bond acceptors (Lipinski definition) is 3. The lowest BCUT2D eigenvalue weighted by Gasteiger charge is -2.07. The Morgan fingerprint density at radius 1 is 1.12 bits per heavy atom. The Bertz CT molecular complexity index is 1030. The number of fused-ring (bicyclic) bond motifs is 1. The van der Waals surface area contributed by atoms with Gasteiger partial charge in [0.25, 0.3) is 5.91 Å². The van der Waals surface area contributed by atoms with Crippen LogP contribution in [0.4, 0.5) is 5.69 Å². The van der Waals surface area contributed by atoms with E-state index in [0.29, 0.717) is 22.9 Å². The molecule has 25 heavy (non-hydrogen) atoms. The maximum atomic E-state index is 12.3. The van der Waals surface area contributed by atoms with E-state index >= 15 is 0 Å². The van der Waals surface area contributed by atoms with E-state index in [-0.39, 0.29) is 5.91 Å². The number of sulfonamides is 1. The van der Waals surface area contributed by atoms with Crippen LogP contribution in [0.5, 0.6) is 0 Å². The molecule has 130 valence electrons. The molecule has 6 nitrogen and oxygen atoms in total. The Kier molecular flexibility index (Phi) is 4.69. The van der Waals surface area contributed by atoms with E-state index < -0.39 is 10.0 Å². The van der Waals surface area contributed by atoms with Gasteiger partial charge < -0.3 is 10.3 Å². The number of hydrogen-bond donors (Lipinski definition) is 3. The molecule has 0 unspecified atom stereocenters. The van der Waals surface area contributed by atoms with E-state index in [9.17, 15) is 13.2 Å². The summed E-state index contributed by atoms with van der Waals surface area (Å²) in [6.07, 6.45) is 1.09. The van der Waals surface area contributed by atoms with Crippen LogP contribution in [0.1, 0.15) is 16.1 Å². The molecule has 0 aliphatic heterocycles. The van der Waals surface area contributed by atoms with E-state index in [2.05, 4.69) is 15.0 Å². The fourth-order valence-electron chi connectivity index (χ4n) is 2.44. The Balaban J connectivity index is 1.68. The molecule has 0 spiro atoms. The molecule has 0 radical (unpaired) electrons. The number of benzene rings is 2. The van der Waals surface area contributed by atoms with Crippen molar-refractivity contribution in [1.29, 1.82) is 0 Å². The minimum Gasteiger partial charge on any atom is -0.349 e. The van der Waals surface area contributed by atoms with Gasteiger partial charge in [-0.1, -0.05) is 41.9 Å². The summed E-state index contributed by atoms with van der Waals surface area (Å²) >= 11 is 6.26. The van der Waals surface area contributed by atoms with Crippen molar-refractivity contribution in [2.24, 2.45) is 0 Å². The van der Waals surface area contributed by atoms with Crippen molar-refractivity contribution in [3.05, 3.63) is 64.8 Å². The molecular formula is C17H16ClN3O3S. The molecule has 0 saturated heterocycles. The van der Waals surface area contributed by atoms with E-state index in [1.54, 1.807) is 24.3 Å². The number of nitrogens with one attached hydrogen (secondary N) is 3. The molecule has 3 N–H and O–H groups in total. The summed E-state index contributed by atoms with van der Waals surface area (Å²) in [6.45, 7) is 0.295. The quantitative estimate of drug-likeness (QED) is 0.638. The van der Waals surface area contributed by atoms with Gasteiger partial charge in [0.2, 0.25) is 10.0 Å². The molecule has 0 fully saturated rings. The molecule has 0 aliphatic rings. The maximum Gasteiger partial charge on any atom is 0.269 e. The molecule has 8 heteroatoms. The van der Waals surface area contributed by atoms with Crippen LogP contribution in [0.15, 0.2) is 48.5 Å². The van der Waals surface area contributed by atoms with Crippen molar-refractivity contribution in [3.8, 4) is 0 Å². The summed E-state index contributed by atoms with van der Waals surface area (Å²) in [5.74, 6) is -0.306. The molecule has 3 rings (SSSR count). The lowest BCUT2D eigenvalue weighted by atomic mass is 10.2. The summed E-state index contributed by atoms with van der Waals surface area (Å²) in [7, 11) is -3.31. The van der Waals surface area contributed by atoms with Crippen LogP contribution in [-0.4, -0.2) is 25.6 Å². The predicted octanol–water partition coefficient (Wildman–Crippen LogP) is 3.12. The zero-order valence-electron chi connectivity index (χ0n) is 13.3. The summed E-state index contributed by atoms with van der Waals surface area (Å²) in [5, 5.41) is 3.98. The van der Waals surface area contributed by atoms with E-state index in [4.69, 9.17) is 11.6 Å². The van der Waals surface area contributed by atoms with Crippen molar-refractivity contribution >= 4 is 44.1 Å². The average molecular weight is 378 g/mol. The van der Waals surface area contributed by atoms with Gasteiger partial charge in [-0.05, 0) is 23.8 Å². The Morgan fingerprint density at radius 3 is 2.44 bits per heavy atom. The fourth-order valence-corrected chi connectivity index (χ4v) is 3.30. The number of halogens is 1. The molecule has 0 bridgehead atoms. The summed E-state index contributed by atoms with van der Waals surface area (Å²) in [4.78, 5) is 15.4. The lowest BCUT2D eigenvalue weighted by molar-refractivity contribution is 0.0947. The molecular weight excluding hydrogens is 362 g/mol. The molecule has 3 aromatic rings. The average Bonchev–Trinajstić information content (AvgIpc) is 2.90. The van der Waals surface area contributed by atoms with E-state index in [0.717, 1.165) is 22.7 Å². The molecule has 2 aromatic carbocycles. The number of carbonyl (C=O) groups is 1. The van der Waals surface area contributed by atoms with Crippen molar-refractivity contribution < 1.29 is 13.2 Å². The number of amides is 1. The van der Waals surface area contributed by atoms with Gasteiger partial charge in [0, 0.05) is 23.1 Å². The third-order valence-electron chi connectivity index (χ3n) is 3.58. The Morgan fingerprint density at radius 2 is 1.80 bits per heavy atom. The first-order valence-electron chi connectivity index (χ1n) is 7.44. The fraction of sp³-hybridized carbons (Fsp3) is 0.118. The second-order valence-electron chi connectivity index (χ2n) is 5.61. The first-order chi connectivity index (χ1) is 11.8. The van der Waals surface area contributed by atoms with Gasteiger partial charge in [0.15, 0.2) is 0 Å². The van der Waals surface area contributed by atoms with Crippen LogP contribution in [-0.2, 0) is 16.6 Å². The molecule has 1 amide bonds. The van der Waals surface area contributed by atoms with Crippen LogP contribution < -0.4 is 10.0 Å². The van der Waals surface area contributed by atoms with Gasteiger partial charge >= 0.3 is 0 Å². The number of para-hydroxylation sites is 1. The van der Waals surface area contributed by atoms with Crippen LogP contribution in [0.2, 0.25) is 5.02 Å². The van der Waals surface area contributed by atoms with Crippen LogP contribution in [0, 0.1) is 0 Å². The van der Waals surface area contributed by atoms with E-state index in [1.165, 1.54) is 0 Å². The highest BCUT2D eigenvalue weighted by molar-refractivity contribution is 7.92. The topological polar surface area (TPSA) is 91.1 Å². The second-order valence-corrected chi connectivity index (χ2v) is 7.74. The lowest BCUT2D eigenvalue weighted by Crippen LogP contribution is -2.23. The molecule has 1 aromatic heterocycles. The van der Waals surface area contributed by atoms with Gasteiger partial charge in [-0.25, -0.2) is 8.42 Å². The zero-order valence-corrected chi connectivity index (χ0v) is 14.9. The highest BCUT2D eigenvalue weighted by Gasteiger charge is 2.15. The smallest absolute Gasteiger partial charge is 0.269 e.